The number of nitrogens with zero attached hydrogens (tertiary/aromatic N) is 2. The summed E-state index contributed by atoms with van der Waals surface area (Å²) in [6, 6.07) is 7.10. The van der Waals surface area contributed by atoms with Crippen molar-refractivity contribution < 1.29 is 4.79 Å². The number of nitrogens with one attached hydrogen (secondary N) is 1. The molecule has 3 rings (SSSR count). The maximum Gasteiger partial charge on any atom is 0.224 e. The molecule has 1 aromatic heterocycles. The monoisotopic (exact) mass is 287 g/mol. The molecule has 4 nitrogen and oxygen atoms in total. The lowest BCUT2D eigenvalue weighted by Crippen LogP contribution is -2.37. The van der Waals surface area contributed by atoms with Crippen LogP contribution in [0, 0.1) is 5.92 Å². The predicted octanol–water partition coefficient (Wildman–Crippen LogP) is 2.52. The van der Waals surface area contributed by atoms with Gasteiger partial charge in [0.05, 0.1) is 5.69 Å². The van der Waals surface area contributed by atoms with Crippen LogP contribution in [0.5, 0.6) is 0 Å². The Morgan fingerprint density at radius 1 is 1.38 bits per heavy atom. The number of carbonyl (C=O) groups excluding carboxylic acids is 1. The van der Waals surface area contributed by atoms with Crippen molar-refractivity contribution in [3.05, 3.63) is 30.1 Å². The molecule has 1 aliphatic carbocycles. The molecule has 0 spiro atoms. The second-order valence-corrected chi connectivity index (χ2v) is 6.78. The maximum atomic E-state index is 12.1. The highest BCUT2D eigenvalue weighted by molar-refractivity contribution is 5.80. The first-order chi connectivity index (χ1) is 10.1. The number of likely N-dealkylation sites (tertiary alicyclic amines) is 1. The number of amides is 1. The first-order valence-corrected chi connectivity index (χ1v) is 8.10. The summed E-state index contributed by atoms with van der Waals surface area (Å²) in [7, 11) is 0. The van der Waals surface area contributed by atoms with Crippen molar-refractivity contribution in [1.29, 1.82) is 0 Å². The summed E-state index contributed by atoms with van der Waals surface area (Å²) >= 11 is 0. The molecule has 2 heterocycles. The van der Waals surface area contributed by atoms with E-state index in [9.17, 15) is 4.79 Å². The smallest absolute Gasteiger partial charge is 0.224 e. The predicted molar refractivity (Wildman–Crippen MR) is 82.7 cm³/mol. The number of hydrogen-bond acceptors (Lipinski definition) is 3. The quantitative estimate of drug-likeness (QED) is 0.874. The molecule has 1 amide bonds. The van der Waals surface area contributed by atoms with Crippen molar-refractivity contribution >= 4 is 5.91 Å². The highest BCUT2D eigenvalue weighted by Crippen LogP contribution is 2.31. The van der Waals surface area contributed by atoms with Crippen LogP contribution in [0.2, 0.25) is 0 Å². The third-order valence-corrected chi connectivity index (χ3v) is 4.33. The summed E-state index contributed by atoms with van der Waals surface area (Å²) < 4.78 is 0. The Morgan fingerprint density at radius 3 is 2.81 bits per heavy atom. The van der Waals surface area contributed by atoms with E-state index in [0.29, 0.717) is 24.3 Å². The molecule has 1 aliphatic heterocycles. The zero-order chi connectivity index (χ0) is 14.8. The molecule has 1 saturated carbocycles. The van der Waals surface area contributed by atoms with Gasteiger partial charge in [0.2, 0.25) is 5.91 Å². The summed E-state index contributed by atoms with van der Waals surface area (Å²) in [6.07, 6.45) is 5.91. The molecule has 114 valence electrons. The van der Waals surface area contributed by atoms with Crippen LogP contribution in [0.1, 0.15) is 51.3 Å². The second-order valence-electron chi connectivity index (χ2n) is 6.78. The lowest BCUT2D eigenvalue weighted by Gasteiger charge is -2.24. The van der Waals surface area contributed by atoms with E-state index >= 15 is 0 Å². The zero-order valence-electron chi connectivity index (χ0n) is 13.0. The van der Waals surface area contributed by atoms with Gasteiger partial charge >= 0.3 is 0 Å². The van der Waals surface area contributed by atoms with Crippen LogP contribution in [-0.2, 0) is 4.79 Å². The van der Waals surface area contributed by atoms with Crippen molar-refractivity contribution in [3.63, 3.8) is 0 Å². The Labute approximate surface area is 126 Å². The van der Waals surface area contributed by atoms with E-state index in [1.54, 1.807) is 0 Å². The fourth-order valence-electron chi connectivity index (χ4n) is 3.19. The minimum Gasteiger partial charge on any atom is -0.338 e. The van der Waals surface area contributed by atoms with Gasteiger partial charge in [0.15, 0.2) is 0 Å². The Bertz CT molecular complexity index is 484. The molecule has 0 unspecified atom stereocenters. The third-order valence-electron chi connectivity index (χ3n) is 4.33. The van der Waals surface area contributed by atoms with Gasteiger partial charge in [0, 0.05) is 37.3 Å². The van der Waals surface area contributed by atoms with Gasteiger partial charge in [-0.3, -0.25) is 9.78 Å². The van der Waals surface area contributed by atoms with Crippen LogP contribution in [0.4, 0.5) is 0 Å². The van der Waals surface area contributed by atoms with E-state index in [2.05, 4.69) is 35.1 Å². The van der Waals surface area contributed by atoms with E-state index < -0.39 is 0 Å². The normalized spacial score (nSPS) is 23.9. The Hall–Kier alpha value is -1.42. The van der Waals surface area contributed by atoms with Gasteiger partial charge in [0.25, 0.3) is 0 Å². The molecular formula is C17H25N3O. The van der Waals surface area contributed by atoms with Crippen LogP contribution in [-0.4, -0.2) is 34.4 Å². The summed E-state index contributed by atoms with van der Waals surface area (Å²) in [5.41, 5.74) is 1.09. The van der Waals surface area contributed by atoms with E-state index in [-0.39, 0.29) is 12.1 Å². The average Bonchev–Trinajstić information content (AvgIpc) is 3.23. The van der Waals surface area contributed by atoms with Gasteiger partial charge in [-0.05, 0) is 37.3 Å². The van der Waals surface area contributed by atoms with E-state index in [4.69, 9.17) is 0 Å². The highest BCUT2D eigenvalue weighted by Gasteiger charge is 2.39. The molecule has 1 saturated heterocycles. The molecule has 0 aromatic carbocycles. The molecule has 2 aliphatic rings. The van der Waals surface area contributed by atoms with Gasteiger partial charge in [-0.15, -0.1) is 0 Å². The molecule has 0 radical (unpaired) electrons. The summed E-state index contributed by atoms with van der Waals surface area (Å²) in [5.74, 6) is 0.917. The largest absolute Gasteiger partial charge is 0.338 e. The zero-order valence-corrected chi connectivity index (χ0v) is 13.0. The first kappa shape index (κ1) is 14.5. The van der Waals surface area contributed by atoms with E-state index in [0.717, 1.165) is 18.7 Å². The molecule has 0 bridgehead atoms. The number of pyridine rings is 1. The molecule has 1 aromatic rings. The Balaban J connectivity index is 1.66. The number of carbonyl (C=O) groups is 1. The van der Waals surface area contributed by atoms with Gasteiger partial charge in [-0.25, -0.2) is 0 Å². The Morgan fingerprint density at radius 2 is 2.19 bits per heavy atom. The molecule has 2 atom stereocenters. The van der Waals surface area contributed by atoms with Crippen molar-refractivity contribution in [2.45, 2.75) is 57.7 Å². The highest BCUT2D eigenvalue weighted by atomic mass is 16.2. The molecule has 2 fully saturated rings. The maximum absolute atomic E-state index is 12.1. The van der Waals surface area contributed by atoms with E-state index in [1.165, 1.54) is 12.8 Å². The second kappa shape index (κ2) is 6.14. The fraction of sp³-hybridized carbons (Fsp3) is 0.647. The summed E-state index contributed by atoms with van der Waals surface area (Å²) in [4.78, 5) is 18.6. The number of aromatic nitrogens is 1. The average molecular weight is 287 g/mol. The van der Waals surface area contributed by atoms with Crippen molar-refractivity contribution in [1.82, 2.24) is 15.2 Å². The van der Waals surface area contributed by atoms with Crippen LogP contribution in [0.3, 0.4) is 0 Å². The lowest BCUT2D eigenvalue weighted by atomic mass is 9.99. The number of rotatable bonds is 6. The summed E-state index contributed by atoms with van der Waals surface area (Å²) in [5, 5.41) is 3.68. The fourth-order valence-corrected chi connectivity index (χ4v) is 3.19. The SMILES string of the molecule is CC(C)C[C@H](N[C@@H]1CC(=O)N(C2CC2)C1)c1ccccn1. The number of hydrogen-bond donors (Lipinski definition) is 1. The standard InChI is InChI=1S/C17H25N3O/c1-12(2)9-16(15-5-3-4-8-18-15)19-13-10-17(21)20(11-13)14-6-7-14/h3-5,8,12-14,16,19H,6-7,9-11H2,1-2H3/t13-,16+/m1/s1. The topological polar surface area (TPSA) is 45.2 Å². The minimum absolute atomic E-state index is 0.239. The van der Waals surface area contributed by atoms with Gasteiger partial charge in [-0.2, -0.15) is 0 Å². The van der Waals surface area contributed by atoms with Gasteiger partial charge in [0.1, 0.15) is 0 Å². The van der Waals surface area contributed by atoms with E-state index in [1.807, 2.05) is 18.3 Å². The van der Waals surface area contributed by atoms with Crippen LogP contribution >= 0.6 is 0 Å². The summed E-state index contributed by atoms with van der Waals surface area (Å²) in [6.45, 7) is 5.33. The lowest BCUT2D eigenvalue weighted by molar-refractivity contribution is -0.128. The van der Waals surface area contributed by atoms with Crippen LogP contribution < -0.4 is 5.32 Å². The van der Waals surface area contributed by atoms with Crippen LogP contribution in [0.25, 0.3) is 0 Å². The first-order valence-electron chi connectivity index (χ1n) is 8.10. The molecule has 21 heavy (non-hydrogen) atoms. The van der Waals surface area contributed by atoms with Crippen molar-refractivity contribution in [2.75, 3.05) is 6.54 Å². The molecule has 1 N–H and O–H groups in total. The molecular weight excluding hydrogens is 262 g/mol. The van der Waals surface area contributed by atoms with Crippen molar-refractivity contribution in [3.8, 4) is 0 Å². The minimum atomic E-state index is 0.239. The third kappa shape index (κ3) is 3.62. The molecule has 4 heteroatoms. The Kier molecular flexibility index (Phi) is 4.24. The van der Waals surface area contributed by atoms with Crippen LogP contribution in [0.15, 0.2) is 24.4 Å². The van der Waals surface area contributed by atoms with Gasteiger partial charge < -0.3 is 10.2 Å². The van der Waals surface area contributed by atoms with Gasteiger partial charge in [-0.1, -0.05) is 19.9 Å². The van der Waals surface area contributed by atoms with Crippen molar-refractivity contribution in [2.24, 2.45) is 5.92 Å².